The maximum absolute atomic E-state index is 12.0. The maximum Gasteiger partial charge on any atom is 0.306 e. The van der Waals surface area contributed by atoms with Crippen LogP contribution in [0.5, 0.6) is 0 Å². The van der Waals surface area contributed by atoms with E-state index in [9.17, 15) is 10.0 Å². The number of carbonyl (C=O) groups is 1. The summed E-state index contributed by atoms with van der Waals surface area (Å²) in [6, 6.07) is 0. The third-order valence-corrected chi connectivity index (χ3v) is 3.49. The summed E-state index contributed by atoms with van der Waals surface area (Å²) in [5.41, 5.74) is -0.424. The van der Waals surface area contributed by atoms with Gasteiger partial charge in [0.25, 0.3) is 0 Å². The van der Waals surface area contributed by atoms with Crippen molar-refractivity contribution in [3.05, 3.63) is 5.21 Å². The highest BCUT2D eigenvalue weighted by atomic mass is 16.7. The number of hydrazine groups is 1. The lowest BCUT2D eigenvalue weighted by Crippen LogP contribution is -2.47. The molecule has 0 aliphatic heterocycles. The van der Waals surface area contributed by atoms with Crippen molar-refractivity contribution >= 4 is 5.97 Å². The summed E-state index contributed by atoms with van der Waals surface area (Å²) in [6.07, 6.45) is 1.23. The van der Waals surface area contributed by atoms with Crippen molar-refractivity contribution in [2.45, 2.75) is 51.7 Å². The number of aliphatic carboxylic acids is 1. The number of carboxylic acid groups (broad SMARTS) is 1. The minimum Gasteiger partial charge on any atom is -0.569 e. The molecule has 1 saturated carbocycles. The molecular formula is C13H25N3O5. The SMILES string of the molecule is COCCN(/[N+]([O-])=N\O[C@@H]1CC[C@@H](C(=O)O)C1)C(C)(C)C. The van der Waals surface area contributed by atoms with Crippen molar-refractivity contribution in [3.63, 3.8) is 0 Å². The van der Waals surface area contributed by atoms with E-state index in [0.29, 0.717) is 37.4 Å². The fourth-order valence-corrected chi connectivity index (χ4v) is 2.27. The van der Waals surface area contributed by atoms with Gasteiger partial charge >= 0.3 is 5.97 Å². The predicted molar refractivity (Wildman–Crippen MR) is 74.2 cm³/mol. The molecule has 1 aliphatic rings. The molecule has 122 valence electrons. The second kappa shape index (κ2) is 7.44. The fraction of sp³-hybridized carbons (Fsp3) is 0.923. The Morgan fingerprint density at radius 3 is 2.62 bits per heavy atom. The van der Waals surface area contributed by atoms with Crippen LogP contribution in [0.15, 0.2) is 5.28 Å². The molecule has 0 aromatic heterocycles. The molecule has 21 heavy (non-hydrogen) atoms. The zero-order chi connectivity index (χ0) is 16.0. The Morgan fingerprint density at radius 2 is 2.14 bits per heavy atom. The van der Waals surface area contributed by atoms with Crippen LogP contribution in [0, 0.1) is 11.1 Å². The quantitative estimate of drug-likeness (QED) is 0.437. The van der Waals surface area contributed by atoms with E-state index in [1.165, 1.54) is 5.01 Å². The topological polar surface area (TPSA) is 97.4 Å². The summed E-state index contributed by atoms with van der Waals surface area (Å²) in [7, 11) is 1.56. The van der Waals surface area contributed by atoms with Crippen LogP contribution in [0.3, 0.4) is 0 Å². The van der Waals surface area contributed by atoms with Gasteiger partial charge in [-0.2, -0.15) is 0 Å². The molecule has 2 atom stereocenters. The van der Waals surface area contributed by atoms with Crippen LogP contribution < -0.4 is 0 Å². The lowest BCUT2D eigenvalue weighted by Gasteiger charge is -2.30. The van der Waals surface area contributed by atoms with E-state index < -0.39 is 17.4 Å². The summed E-state index contributed by atoms with van der Waals surface area (Å²) in [5.74, 6) is -1.23. The Hall–Kier alpha value is -1.57. The number of hydrogen-bond acceptors (Lipinski definition) is 5. The summed E-state index contributed by atoms with van der Waals surface area (Å²) in [4.78, 5) is 16.5. The minimum atomic E-state index is -0.823. The van der Waals surface area contributed by atoms with Crippen molar-refractivity contribution in [2.24, 2.45) is 11.2 Å². The van der Waals surface area contributed by atoms with Gasteiger partial charge in [-0.05, 0) is 33.6 Å². The normalized spacial score (nSPS) is 23.1. The number of carboxylic acids is 1. The second-order valence-corrected chi connectivity index (χ2v) is 6.20. The first-order valence-electron chi connectivity index (χ1n) is 7.09. The first-order valence-corrected chi connectivity index (χ1v) is 7.09. The van der Waals surface area contributed by atoms with Gasteiger partial charge in [0.15, 0.2) is 0 Å². The molecule has 0 spiro atoms. The maximum atomic E-state index is 12.0. The highest BCUT2D eigenvalue weighted by molar-refractivity contribution is 5.70. The average Bonchev–Trinajstić information content (AvgIpc) is 2.84. The Bertz CT molecular complexity index is 380. The van der Waals surface area contributed by atoms with Crippen molar-refractivity contribution < 1.29 is 24.4 Å². The summed E-state index contributed by atoms with van der Waals surface area (Å²) < 4.78 is 4.98. The lowest BCUT2D eigenvalue weighted by molar-refractivity contribution is -0.726. The molecule has 0 heterocycles. The molecular weight excluding hydrogens is 278 g/mol. The monoisotopic (exact) mass is 303 g/mol. The van der Waals surface area contributed by atoms with E-state index in [4.69, 9.17) is 14.7 Å². The molecule has 0 saturated heterocycles. The van der Waals surface area contributed by atoms with Crippen LogP contribution in [0.1, 0.15) is 40.0 Å². The first-order chi connectivity index (χ1) is 9.75. The molecule has 1 aliphatic carbocycles. The Morgan fingerprint density at radius 1 is 1.48 bits per heavy atom. The van der Waals surface area contributed by atoms with E-state index in [1.54, 1.807) is 7.11 Å². The predicted octanol–water partition coefficient (Wildman–Crippen LogP) is 1.80. The Labute approximate surface area is 124 Å². The molecule has 0 amide bonds. The standard InChI is InChI=1S/C13H25N3O5/c1-13(2,3)15(7-8-20-4)16(19)14-21-11-6-5-10(9-11)12(17)18/h10-11H,5-9H2,1-4H3,(H,17,18)/b16-14+/t10-,11-/m1/s1. The van der Waals surface area contributed by atoms with Crippen molar-refractivity contribution in [3.8, 4) is 0 Å². The zero-order valence-corrected chi connectivity index (χ0v) is 13.1. The van der Waals surface area contributed by atoms with E-state index in [0.717, 1.165) is 0 Å². The van der Waals surface area contributed by atoms with Crippen molar-refractivity contribution in [1.82, 2.24) is 5.01 Å². The van der Waals surface area contributed by atoms with Gasteiger partial charge in [0.2, 0.25) is 5.28 Å². The number of nitrogens with zero attached hydrogens (tertiary/aromatic N) is 3. The smallest absolute Gasteiger partial charge is 0.306 e. The first kappa shape index (κ1) is 17.5. The molecule has 0 aromatic rings. The molecule has 0 unspecified atom stereocenters. The van der Waals surface area contributed by atoms with Crippen LogP contribution in [-0.2, 0) is 14.4 Å². The molecule has 8 nitrogen and oxygen atoms in total. The van der Waals surface area contributed by atoms with Crippen LogP contribution in [-0.4, -0.2) is 53.0 Å². The van der Waals surface area contributed by atoms with Gasteiger partial charge in [-0.15, -0.1) is 5.01 Å². The molecule has 0 radical (unpaired) electrons. The van der Waals surface area contributed by atoms with Gasteiger partial charge in [-0.1, -0.05) is 0 Å². The third-order valence-electron chi connectivity index (χ3n) is 3.49. The summed E-state index contributed by atoms with van der Waals surface area (Å²) >= 11 is 0. The van der Waals surface area contributed by atoms with Gasteiger partial charge in [0.1, 0.15) is 12.6 Å². The third kappa shape index (κ3) is 5.37. The summed E-state index contributed by atoms with van der Waals surface area (Å²) in [5, 5.41) is 26.0. The summed E-state index contributed by atoms with van der Waals surface area (Å²) in [6.45, 7) is 6.45. The number of ether oxygens (including phenoxy) is 1. The second-order valence-electron chi connectivity index (χ2n) is 6.20. The van der Waals surface area contributed by atoms with E-state index in [-0.39, 0.29) is 6.10 Å². The van der Waals surface area contributed by atoms with Crippen molar-refractivity contribution in [1.29, 1.82) is 0 Å². The molecule has 1 fully saturated rings. The Kier molecular flexibility index (Phi) is 6.19. The van der Waals surface area contributed by atoms with Gasteiger partial charge in [-0.25, -0.2) is 0 Å². The number of hydrogen-bond donors (Lipinski definition) is 1. The molecule has 8 heteroatoms. The molecule has 0 bridgehead atoms. The van der Waals surface area contributed by atoms with Crippen molar-refractivity contribution in [2.75, 3.05) is 20.3 Å². The van der Waals surface area contributed by atoms with Crippen LogP contribution in [0.2, 0.25) is 0 Å². The number of rotatable bonds is 7. The lowest BCUT2D eigenvalue weighted by atomic mass is 10.1. The van der Waals surface area contributed by atoms with Gasteiger partial charge in [0, 0.05) is 13.5 Å². The number of methoxy groups -OCH3 is 1. The average molecular weight is 303 g/mol. The van der Waals surface area contributed by atoms with Crippen LogP contribution >= 0.6 is 0 Å². The van der Waals surface area contributed by atoms with E-state index >= 15 is 0 Å². The molecule has 1 rings (SSSR count). The largest absolute Gasteiger partial charge is 0.569 e. The van der Waals surface area contributed by atoms with Crippen LogP contribution in [0.4, 0.5) is 0 Å². The van der Waals surface area contributed by atoms with Gasteiger partial charge in [0.05, 0.1) is 23.0 Å². The minimum absolute atomic E-state index is 0.313. The van der Waals surface area contributed by atoms with Gasteiger partial charge < -0.3 is 19.9 Å². The van der Waals surface area contributed by atoms with E-state index in [2.05, 4.69) is 5.28 Å². The zero-order valence-electron chi connectivity index (χ0n) is 13.1. The highest BCUT2D eigenvalue weighted by Crippen LogP contribution is 2.28. The van der Waals surface area contributed by atoms with Crippen LogP contribution in [0.25, 0.3) is 0 Å². The highest BCUT2D eigenvalue weighted by Gasteiger charge is 2.33. The molecule has 1 N–H and O–H groups in total. The fourth-order valence-electron chi connectivity index (χ4n) is 2.27. The van der Waals surface area contributed by atoms with E-state index in [1.807, 2.05) is 20.8 Å². The van der Waals surface area contributed by atoms with Gasteiger partial charge in [-0.3, -0.25) is 4.79 Å². The molecule has 0 aromatic carbocycles. The Balaban J connectivity index is 2.59.